The van der Waals surface area contributed by atoms with Gasteiger partial charge in [0.05, 0.1) is 18.2 Å². The zero-order valence-corrected chi connectivity index (χ0v) is 19.7. The van der Waals surface area contributed by atoms with Gasteiger partial charge in [0.15, 0.2) is 5.82 Å². The first-order valence-corrected chi connectivity index (χ1v) is 12.2. The van der Waals surface area contributed by atoms with Crippen LogP contribution in [0.1, 0.15) is 23.6 Å². The van der Waals surface area contributed by atoms with Gasteiger partial charge in [-0.3, -0.25) is 4.90 Å². The molecule has 1 aromatic heterocycles. The Balaban J connectivity index is 1.43. The van der Waals surface area contributed by atoms with Gasteiger partial charge in [-0.05, 0) is 23.3 Å². The Hall–Kier alpha value is -3.48. The van der Waals surface area contributed by atoms with Crippen molar-refractivity contribution in [3.63, 3.8) is 0 Å². The molecule has 0 amide bonds. The quantitative estimate of drug-likeness (QED) is 0.365. The third-order valence-corrected chi connectivity index (χ3v) is 6.54. The average molecular weight is 472 g/mol. The summed E-state index contributed by atoms with van der Waals surface area (Å²) in [5.41, 5.74) is 3.48. The molecule has 1 aliphatic heterocycles. The molecule has 6 heteroatoms. The normalized spacial score (nSPS) is 14.5. The van der Waals surface area contributed by atoms with Crippen LogP contribution in [-0.4, -0.2) is 54.4 Å². The molecule has 4 aromatic rings. The molecular formula is C29H30FN3O2. The zero-order valence-electron chi connectivity index (χ0n) is 19.7. The largest absolute Gasteiger partial charge is 0.476 e. The molecule has 0 aliphatic carbocycles. The lowest BCUT2D eigenvalue weighted by atomic mass is 9.96. The number of piperazine rings is 1. The summed E-state index contributed by atoms with van der Waals surface area (Å²) in [6, 6.07) is 28.4. The minimum absolute atomic E-state index is 0.0183. The maximum absolute atomic E-state index is 15.8. The second-order valence-corrected chi connectivity index (χ2v) is 8.77. The van der Waals surface area contributed by atoms with E-state index in [0.29, 0.717) is 48.6 Å². The monoisotopic (exact) mass is 471 g/mol. The molecule has 2 heterocycles. The topological polar surface area (TPSA) is 48.8 Å². The number of halogens is 1. The van der Waals surface area contributed by atoms with E-state index in [1.54, 1.807) is 12.1 Å². The molecule has 1 saturated heterocycles. The zero-order chi connectivity index (χ0) is 24.0. The molecule has 0 radical (unpaired) electrons. The highest BCUT2D eigenvalue weighted by Gasteiger charge is 2.30. The number of nitrogens with zero attached hydrogens (tertiary/aromatic N) is 3. The molecule has 0 unspecified atom stereocenters. The summed E-state index contributed by atoms with van der Waals surface area (Å²) in [6.07, 6.45) is 0.471. The van der Waals surface area contributed by atoms with Crippen molar-refractivity contribution in [2.45, 2.75) is 12.5 Å². The molecule has 0 spiro atoms. The fourth-order valence-electron chi connectivity index (χ4n) is 4.84. The molecule has 1 aliphatic rings. The Morgan fingerprint density at radius 1 is 0.829 bits per heavy atom. The van der Waals surface area contributed by atoms with E-state index in [1.807, 2.05) is 29.2 Å². The van der Waals surface area contributed by atoms with E-state index in [-0.39, 0.29) is 18.5 Å². The van der Waals surface area contributed by atoms with E-state index in [2.05, 4.69) is 58.4 Å². The summed E-state index contributed by atoms with van der Waals surface area (Å²) in [7, 11) is 0. The van der Waals surface area contributed by atoms with Crippen LogP contribution in [0.15, 0.2) is 84.9 Å². The third-order valence-electron chi connectivity index (χ3n) is 6.54. The molecule has 5 rings (SSSR count). The van der Waals surface area contributed by atoms with Gasteiger partial charge in [-0.1, -0.05) is 72.8 Å². The summed E-state index contributed by atoms with van der Waals surface area (Å²) in [5, 5.41) is 9.66. The first-order valence-electron chi connectivity index (χ1n) is 12.2. The fourth-order valence-corrected chi connectivity index (χ4v) is 4.84. The molecule has 1 N–H and O–H groups in total. The summed E-state index contributed by atoms with van der Waals surface area (Å²) in [4.78, 5) is 9.14. The number of para-hydroxylation sites is 1. The Labute approximate surface area is 205 Å². The van der Waals surface area contributed by atoms with Crippen molar-refractivity contribution in [2.75, 3.05) is 44.3 Å². The molecule has 180 valence electrons. The van der Waals surface area contributed by atoms with Gasteiger partial charge in [-0.15, -0.1) is 0 Å². The second kappa shape index (κ2) is 10.8. The Morgan fingerprint density at radius 3 is 2.06 bits per heavy atom. The second-order valence-electron chi connectivity index (χ2n) is 8.77. The number of anilines is 1. The first kappa shape index (κ1) is 23.3. The summed E-state index contributed by atoms with van der Waals surface area (Å²) in [6.45, 7) is 3.17. The number of hydrogen-bond donors (Lipinski definition) is 1. The van der Waals surface area contributed by atoms with Gasteiger partial charge in [0.2, 0.25) is 5.88 Å². The lowest BCUT2D eigenvalue weighted by Crippen LogP contribution is -2.48. The van der Waals surface area contributed by atoms with Crippen LogP contribution in [-0.2, 0) is 0 Å². The number of hydrogen-bond acceptors (Lipinski definition) is 5. The molecule has 0 bridgehead atoms. The third kappa shape index (κ3) is 4.99. The van der Waals surface area contributed by atoms with Gasteiger partial charge in [-0.25, -0.2) is 9.37 Å². The number of aliphatic hydroxyl groups excluding tert-OH is 1. The first-order chi connectivity index (χ1) is 17.3. The van der Waals surface area contributed by atoms with Gasteiger partial charge >= 0.3 is 0 Å². The van der Waals surface area contributed by atoms with E-state index in [1.165, 1.54) is 11.1 Å². The maximum Gasteiger partial charge on any atom is 0.241 e. The lowest BCUT2D eigenvalue weighted by molar-refractivity contribution is 0.209. The van der Waals surface area contributed by atoms with Crippen molar-refractivity contribution in [3.05, 3.63) is 102 Å². The number of pyridine rings is 1. The number of aromatic nitrogens is 1. The highest BCUT2D eigenvalue weighted by molar-refractivity contribution is 5.85. The molecule has 3 aromatic carbocycles. The Bertz CT molecular complexity index is 1210. The van der Waals surface area contributed by atoms with Gasteiger partial charge in [0.25, 0.3) is 0 Å². The summed E-state index contributed by atoms with van der Waals surface area (Å²) in [5.74, 6) is -0.00325. The minimum atomic E-state index is -0.300. The number of benzene rings is 3. The molecule has 1 fully saturated rings. The summed E-state index contributed by atoms with van der Waals surface area (Å²) >= 11 is 0. The van der Waals surface area contributed by atoms with Crippen LogP contribution in [0, 0.1) is 5.82 Å². The average Bonchev–Trinajstić information content (AvgIpc) is 2.91. The predicted molar refractivity (Wildman–Crippen MR) is 137 cm³/mol. The molecule has 35 heavy (non-hydrogen) atoms. The fraction of sp³-hybridized carbons (Fsp3) is 0.276. The smallest absolute Gasteiger partial charge is 0.241 e. The van der Waals surface area contributed by atoms with E-state index >= 15 is 4.39 Å². The minimum Gasteiger partial charge on any atom is -0.476 e. The Morgan fingerprint density at radius 2 is 1.43 bits per heavy atom. The van der Waals surface area contributed by atoms with Crippen LogP contribution >= 0.6 is 0 Å². The highest BCUT2D eigenvalue weighted by atomic mass is 19.1. The van der Waals surface area contributed by atoms with Crippen LogP contribution < -0.4 is 9.64 Å². The van der Waals surface area contributed by atoms with Crippen molar-refractivity contribution < 1.29 is 14.2 Å². The molecular weight excluding hydrogens is 441 g/mol. The van der Waals surface area contributed by atoms with E-state index in [9.17, 15) is 0 Å². The van der Waals surface area contributed by atoms with Gasteiger partial charge < -0.3 is 14.7 Å². The molecule has 0 atom stereocenters. The predicted octanol–water partition coefficient (Wildman–Crippen LogP) is 5.05. The Kier molecular flexibility index (Phi) is 7.21. The number of rotatable bonds is 8. The SMILES string of the molecule is OCCCOc1nc2ccccc2c(F)c1N1CCN(C(c2ccccc2)c2ccccc2)CC1. The maximum atomic E-state index is 15.8. The van der Waals surface area contributed by atoms with Crippen LogP contribution in [0.4, 0.5) is 10.1 Å². The van der Waals surface area contributed by atoms with Crippen molar-refractivity contribution in [2.24, 2.45) is 0 Å². The van der Waals surface area contributed by atoms with E-state index in [4.69, 9.17) is 9.84 Å². The lowest BCUT2D eigenvalue weighted by Gasteiger charge is -2.41. The van der Waals surface area contributed by atoms with Crippen LogP contribution in [0.25, 0.3) is 10.9 Å². The number of fused-ring (bicyclic) bond motifs is 1. The van der Waals surface area contributed by atoms with Crippen molar-refractivity contribution >= 4 is 16.6 Å². The van der Waals surface area contributed by atoms with Crippen LogP contribution in [0.5, 0.6) is 5.88 Å². The summed E-state index contributed by atoms with van der Waals surface area (Å²) < 4.78 is 21.7. The van der Waals surface area contributed by atoms with E-state index in [0.717, 1.165) is 13.1 Å². The standard InChI is InChI=1S/C29H30FN3O2/c30-26-24-14-7-8-15-25(24)31-29(35-21-9-20-34)28(26)33-18-16-32(17-19-33)27(22-10-3-1-4-11-22)23-12-5-2-6-13-23/h1-8,10-15,27,34H,9,16-21H2. The van der Waals surface area contributed by atoms with Crippen LogP contribution in [0.3, 0.4) is 0 Å². The highest BCUT2D eigenvalue weighted by Crippen LogP contribution is 2.37. The van der Waals surface area contributed by atoms with Gasteiger partial charge in [-0.2, -0.15) is 0 Å². The molecule has 5 nitrogen and oxygen atoms in total. The van der Waals surface area contributed by atoms with Crippen LogP contribution in [0.2, 0.25) is 0 Å². The van der Waals surface area contributed by atoms with E-state index < -0.39 is 0 Å². The molecule has 0 saturated carbocycles. The number of ether oxygens (including phenoxy) is 1. The number of aliphatic hydroxyl groups is 1. The van der Waals surface area contributed by atoms with Crippen molar-refractivity contribution in [3.8, 4) is 5.88 Å². The van der Waals surface area contributed by atoms with Crippen molar-refractivity contribution in [1.82, 2.24) is 9.88 Å². The van der Waals surface area contributed by atoms with Crippen molar-refractivity contribution in [1.29, 1.82) is 0 Å². The van der Waals surface area contributed by atoms with Gasteiger partial charge in [0.1, 0.15) is 5.69 Å². The van der Waals surface area contributed by atoms with Gasteiger partial charge in [0, 0.05) is 44.6 Å².